The van der Waals surface area contributed by atoms with Crippen LogP contribution in [0.15, 0.2) is 0 Å². The van der Waals surface area contributed by atoms with Gasteiger partial charge < -0.3 is 0 Å². The molecule has 6 atom stereocenters. The summed E-state index contributed by atoms with van der Waals surface area (Å²) in [6.07, 6.45) is 1.58. The number of hydrogen-bond donors (Lipinski definition) is 0. The first-order valence-electron chi connectivity index (χ1n) is 5.46. The number of fused-ring (bicyclic) bond motifs is 2. The Morgan fingerprint density at radius 3 is 2.00 bits per heavy atom. The highest BCUT2D eigenvalue weighted by atomic mass is 15.1. The van der Waals surface area contributed by atoms with E-state index in [1.165, 1.54) is 17.8 Å². The molecular weight excluding hydrogens is 144 g/mol. The standard InChI is InChI=1S/C12H18/c1-10(2,3)9-8-7-6-5-11(9,4)12(6,7)8/h6-9H,5H2,1-4H3/t6-,7-,8-,9?,11-,12+/m1/s1. The van der Waals surface area contributed by atoms with Gasteiger partial charge in [-0.05, 0) is 46.3 Å². The highest BCUT2D eigenvalue weighted by Crippen LogP contribution is 3.10. The Morgan fingerprint density at radius 1 is 1.17 bits per heavy atom. The fourth-order valence-electron chi connectivity index (χ4n) is 6.01. The summed E-state index contributed by atoms with van der Waals surface area (Å²) >= 11 is 0. The van der Waals surface area contributed by atoms with Crippen molar-refractivity contribution in [1.82, 2.24) is 0 Å². The summed E-state index contributed by atoms with van der Waals surface area (Å²) in [5.74, 6) is 4.72. The highest BCUT2D eigenvalue weighted by Gasteiger charge is 3.07. The Kier molecular flexibility index (Phi) is 0.616. The van der Waals surface area contributed by atoms with Gasteiger partial charge in [-0.2, -0.15) is 0 Å². The predicted molar refractivity (Wildman–Crippen MR) is 48.6 cm³/mol. The minimum Gasteiger partial charge on any atom is -0.0599 e. The first kappa shape index (κ1) is 6.45. The average molecular weight is 162 g/mol. The molecule has 12 heavy (non-hydrogen) atoms. The second kappa shape index (κ2) is 1.14. The molecule has 4 aliphatic carbocycles. The molecule has 0 nitrogen and oxygen atoms in total. The zero-order valence-electron chi connectivity index (χ0n) is 8.52. The third-order valence-corrected chi connectivity index (χ3v) is 5.93. The van der Waals surface area contributed by atoms with E-state index in [-0.39, 0.29) is 0 Å². The van der Waals surface area contributed by atoms with Gasteiger partial charge >= 0.3 is 0 Å². The lowest BCUT2D eigenvalue weighted by atomic mass is 9.37. The molecule has 0 saturated heterocycles. The van der Waals surface area contributed by atoms with Crippen molar-refractivity contribution in [1.29, 1.82) is 0 Å². The van der Waals surface area contributed by atoms with Gasteiger partial charge in [0.15, 0.2) is 0 Å². The molecule has 0 N–H and O–H groups in total. The van der Waals surface area contributed by atoms with E-state index in [1.54, 1.807) is 6.42 Å². The molecule has 0 bridgehead atoms. The molecule has 1 unspecified atom stereocenters. The topological polar surface area (TPSA) is 0 Å². The van der Waals surface area contributed by atoms with Crippen LogP contribution < -0.4 is 0 Å². The second-order valence-corrected chi connectivity index (χ2v) is 7.06. The van der Waals surface area contributed by atoms with Crippen LogP contribution in [-0.2, 0) is 0 Å². The van der Waals surface area contributed by atoms with E-state index in [1.807, 2.05) is 0 Å². The summed E-state index contributed by atoms with van der Waals surface area (Å²) in [6.45, 7) is 9.91. The molecule has 0 heterocycles. The molecule has 4 aliphatic rings. The average Bonchev–Trinajstić information content (AvgIpc) is 2.69. The monoisotopic (exact) mass is 162 g/mol. The maximum atomic E-state index is 2.57. The molecular formula is C12H18. The summed E-state index contributed by atoms with van der Waals surface area (Å²) in [5, 5.41) is 0. The Morgan fingerprint density at radius 2 is 1.83 bits per heavy atom. The zero-order chi connectivity index (χ0) is 8.52. The van der Waals surface area contributed by atoms with E-state index in [2.05, 4.69) is 27.7 Å². The minimum absolute atomic E-state index is 0.586. The zero-order valence-corrected chi connectivity index (χ0v) is 8.52. The maximum absolute atomic E-state index is 2.57. The minimum atomic E-state index is 0.586. The molecule has 0 heteroatoms. The van der Waals surface area contributed by atoms with Crippen LogP contribution in [0.2, 0.25) is 0 Å². The van der Waals surface area contributed by atoms with Gasteiger partial charge in [0.1, 0.15) is 0 Å². The van der Waals surface area contributed by atoms with Crippen molar-refractivity contribution in [3.05, 3.63) is 0 Å². The molecule has 4 rings (SSSR count). The van der Waals surface area contributed by atoms with Gasteiger partial charge in [-0.3, -0.25) is 0 Å². The van der Waals surface area contributed by atoms with Crippen LogP contribution in [0.3, 0.4) is 0 Å². The molecule has 0 radical (unpaired) electrons. The normalized spacial score (nSPS) is 75.0. The van der Waals surface area contributed by atoms with Crippen LogP contribution in [0.1, 0.15) is 34.1 Å². The van der Waals surface area contributed by atoms with Crippen molar-refractivity contribution in [3.63, 3.8) is 0 Å². The molecule has 0 aliphatic heterocycles. The summed E-state index contributed by atoms with van der Waals surface area (Å²) in [7, 11) is 0. The van der Waals surface area contributed by atoms with Crippen molar-refractivity contribution in [3.8, 4) is 0 Å². The van der Waals surface area contributed by atoms with E-state index in [4.69, 9.17) is 0 Å². The second-order valence-electron chi connectivity index (χ2n) is 7.06. The SMILES string of the molecule is CC(C)(C)C1[C@H]2[C@H]3[C@H]4C[C@@]1(C)[C@]342. The summed E-state index contributed by atoms with van der Waals surface area (Å²) < 4.78 is 0. The fourth-order valence-corrected chi connectivity index (χ4v) is 6.01. The largest absolute Gasteiger partial charge is 0.0599 e. The van der Waals surface area contributed by atoms with E-state index in [0.717, 1.165) is 16.7 Å². The highest BCUT2D eigenvalue weighted by molar-refractivity contribution is 5.53. The Balaban J connectivity index is 1.77. The van der Waals surface area contributed by atoms with Crippen LogP contribution >= 0.6 is 0 Å². The smallest absolute Gasteiger partial charge is 0.0141 e. The lowest BCUT2D eigenvalue weighted by Crippen LogP contribution is -2.62. The third-order valence-electron chi connectivity index (χ3n) is 5.93. The lowest BCUT2D eigenvalue weighted by molar-refractivity contribution is -0.198. The van der Waals surface area contributed by atoms with Gasteiger partial charge in [0.2, 0.25) is 0 Å². The Bertz CT molecular complexity index is 298. The molecule has 1 spiro atoms. The summed E-state index contributed by atoms with van der Waals surface area (Å²) in [5.41, 5.74) is 2.37. The predicted octanol–water partition coefficient (Wildman–Crippen LogP) is 2.93. The van der Waals surface area contributed by atoms with Crippen LogP contribution in [0, 0.1) is 39.9 Å². The molecule has 0 amide bonds. The van der Waals surface area contributed by atoms with Gasteiger partial charge in [0, 0.05) is 0 Å². The van der Waals surface area contributed by atoms with E-state index < -0.39 is 0 Å². The third kappa shape index (κ3) is 0.300. The fraction of sp³-hybridized carbons (Fsp3) is 1.00. The van der Waals surface area contributed by atoms with Gasteiger partial charge in [0.05, 0.1) is 0 Å². The first-order chi connectivity index (χ1) is 5.46. The van der Waals surface area contributed by atoms with Crippen molar-refractivity contribution in [2.24, 2.45) is 39.9 Å². The van der Waals surface area contributed by atoms with Crippen LogP contribution in [-0.4, -0.2) is 0 Å². The number of rotatable bonds is 0. The summed E-state index contributed by atoms with van der Waals surface area (Å²) in [6, 6.07) is 0. The van der Waals surface area contributed by atoms with E-state index in [0.29, 0.717) is 5.41 Å². The molecule has 66 valence electrons. The lowest BCUT2D eigenvalue weighted by Gasteiger charge is -2.67. The van der Waals surface area contributed by atoms with Crippen molar-refractivity contribution in [2.75, 3.05) is 0 Å². The van der Waals surface area contributed by atoms with Crippen LogP contribution in [0.25, 0.3) is 0 Å². The molecule has 0 aromatic carbocycles. The van der Waals surface area contributed by atoms with Gasteiger partial charge in [-0.15, -0.1) is 0 Å². The van der Waals surface area contributed by atoms with Crippen molar-refractivity contribution < 1.29 is 0 Å². The number of hydrogen-bond acceptors (Lipinski definition) is 0. The van der Waals surface area contributed by atoms with Crippen molar-refractivity contribution >= 4 is 0 Å². The van der Waals surface area contributed by atoms with Crippen LogP contribution in [0.5, 0.6) is 0 Å². The molecule has 0 aromatic rings. The maximum Gasteiger partial charge on any atom is -0.0141 e. The first-order valence-corrected chi connectivity index (χ1v) is 5.46. The Labute approximate surface area is 74.7 Å². The molecule has 4 fully saturated rings. The van der Waals surface area contributed by atoms with E-state index in [9.17, 15) is 0 Å². The van der Waals surface area contributed by atoms with E-state index >= 15 is 0 Å². The quantitative estimate of drug-likeness (QED) is 0.514. The molecule has 0 aromatic heterocycles. The van der Waals surface area contributed by atoms with Crippen molar-refractivity contribution in [2.45, 2.75) is 34.1 Å². The van der Waals surface area contributed by atoms with Gasteiger partial charge in [-0.25, -0.2) is 0 Å². The van der Waals surface area contributed by atoms with Gasteiger partial charge in [-0.1, -0.05) is 27.7 Å². The van der Waals surface area contributed by atoms with Crippen LogP contribution in [0.4, 0.5) is 0 Å². The Hall–Kier alpha value is 0. The molecule has 4 saturated carbocycles. The van der Waals surface area contributed by atoms with Gasteiger partial charge in [0.25, 0.3) is 0 Å². The summed E-state index contributed by atoms with van der Waals surface area (Å²) in [4.78, 5) is 0.